The summed E-state index contributed by atoms with van der Waals surface area (Å²) >= 11 is 0. The lowest BCUT2D eigenvalue weighted by molar-refractivity contribution is -0.454. The maximum absolute atomic E-state index is 10.7. The fraction of sp³-hybridized carbons (Fsp3) is 0.375. The molecule has 0 bridgehead atoms. The zero-order valence-corrected chi connectivity index (χ0v) is 22.6. The van der Waals surface area contributed by atoms with E-state index in [9.17, 15) is 13.2 Å². The molecular formula is C24H32F3N3O3SSi. The molecule has 1 aliphatic heterocycles. The Balaban J connectivity index is 0.000000466. The Bertz CT molecular complexity index is 1160. The van der Waals surface area contributed by atoms with Crippen molar-refractivity contribution < 1.29 is 31.1 Å². The Morgan fingerprint density at radius 3 is 1.69 bits per heavy atom. The van der Waals surface area contributed by atoms with E-state index in [2.05, 4.69) is 99.1 Å². The maximum Gasteiger partial charge on any atom is 0.485 e. The molecule has 0 aromatic heterocycles. The van der Waals surface area contributed by atoms with Gasteiger partial charge in [0.25, 0.3) is 0 Å². The number of hydrogen-bond acceptors (Lipinski definition) is 5. The van der Waals surface area contributed by atoms with Crippen LogP contribution in [0.25, 0.3) is 0 Å². The highest BCUT2D eigenvalue weighted by atomic mass is 32.2. The molecule has 1 aliphatic rings. The Labute approximate surface area is 206 Å². The van der Waals surface area contributed by atoms with Crippen molar-refractivity contribution in [2.45, 2.75) is 25.0 Å². The summed E-state index contributed by atoms with van der Waals surface area (Å²) in [6.45, 7) is 9.72. The monoisotopic (exact) mass is 527 g/mol. The van der Waals surface area contributed by atoms with Gasteiger partial charge in [0, 0.05) is 57.1 Å². The quantitative estimate of drug-likeness (QED) is 0.210. The number of nitrogens with zero attached hydrogens (tertiary/aromatic N) is 2. The van der Waals surface area contributed by atoms with Crippen molar-refractivity contribution in [3.8, 4) is 0 Å². The fourth-order valence-electron chi connectivity index (χ4n) is 3.87. The van der Waals surface area contributed by atoms with Gasteiger partial charge in [-0.3, -0.25) is 0 Å². The standard InChI is InChI=1S/C23H31N3Si.CHF3O3S/c1-8-9-14-24-23-19-12-10-17(25(2)3)15-21(19)27(6,7)22-16-18(26(4)5)11-13-20(22)23;2-1(3,4)8(5,6)7/h8,10-13,15-16H,1,9,14H2,2-7H3;(H,5,6,7). The third-order valence-electron chi connectivity index (χ3n) is 5.86. The van der Waals surface area contributed by atoms with Crippen LogP contribution in [0.3, 0.4) is 0 Å². The molecule has 6 nitrogen and oxygen atoms in total. The highest BCUT2D eigenvalue weighted by Gasteiger charge is 2.40. The minimum atomic E-state index is -6.09. The van der Waals surface area contributed by atoms with E-state index < -0.39 is 23.7 Å². The summed E-state index contributed by atoms with van der Waals surface area (Å²) in [6, 6.07) is 13.9. The lowest BCUT2D eigenvalue weighted by atomic mass is 10.00. The van der Waals surface area contributed by atoms with E-state index in [0.717, 1.165) is 13.0 Å². The van der Waals surface area contributed by atoms with Gasteiger partial charge in [0.2, 0.25) is 5.71 Å². The van der Waals surface area contributed by atoms with Crippen LogP contribution in [0.4, 0.5) is 24.5 Å². The lowest BCUT2D eigenvalue weighted by Gasteiger charge is -2.34. The summed E-state index contributed by atoms with van der Waals surface area (Å²) in [7, 11) is 0.561. The molecule has 35 heavy (non-hydrogen) atoms. The number of rotatable bonds is 5. The van der Waals surface area contributed by atoms with E-state index >= 15 is 0 Å². The van der Waals surface area contributed by atoms with Crippen molar-refractivity contribution in [3.05, 3.63) is 60.2 Å². The largest absolute Gasteiger partial charge is 0.741 e. The summed E-state index contributed by atoms with van der Waals surface area (Å²) in [4.78, 5) is 8.10. The summed E-state index contributed by atoms with van der Waals surface area (Å²) in [6.07, 6.45) is 2.93. The number of fused-ring (bicyclic) bond motifs is 2. The minimum Gasteiger partial charge on any atom is -0.741 e. The summed E-state index contributed by atoms with van der Waals surface area (Å²) < 4.78 is 58.9. The van der Waals surface area contributed by atoms with Gasteiger partial charge in [-0.05, 0) is 46.8 Å². The van der Waals surface area contributed by atoms with E-state index in [1.807, 2.05) is 6.08 Å². The molecule has 1 N–H and O–H groups in total. The highest BCUT2D eigenvalue weighted by molar-refractivity contribution is 7.86. The third-order valence-corrected chi connectivity index (χ3v) is 9.95. The number of nitrogens with one attached hydrogen (secondary N) is 1. The number of hydrogen-bond donors (Lipinski definition) is 1. The van der Waals surface area contributed by atoms with Crippen LogP contribution >= 0.6 is 0 Å². The van der Waals surface area contributed by atoms with Crippen LogP contribution in [0.2, 0.25) is 13.1 Å². The second-order valence-electron chi connectivity index (χ2n) is 9.15. The number of benzene rings is 2. The normalized spacial score (nSPS) is 14.2. The van der Waals surface area contributed by atoms with Crippen molar-refractivity contribution >= 4 is 45.7 Å². The molecule has 0 saturated heterocycles. The molecule has 0 unspecified atom stereocenters. The van der Waals surface area contributed by atoms with Crippen molar-refractivity contribution in [1.29, 1.82) is 0 Å². The first-order valence-corrected chi connectivity index (χ1v) is 15.3. The van der Waals surface area contributed by atoms with Crippen molar-refractivity contribution in [1.82, 2.24) is 0 Å². The van der Waals surface area contributed by atoms with E-state index in [0.29, 0.717) is 0 Å². The molecule has 0 radical (unpaired) electrons. The van der Waals surface area contributed by atoms with Crippen LogP contribution in [-0.2, 0) is 10.1 Å². The zero-order chi connectivity index (χ0) is 26.8. The van der Waals surface area contributed by atoms with Gasteiger partial charge < -0.3 is 14.4 Å². The first kappa shape index (κ1) is 28.6. The van der Waals surface area contributed by atoms with Crippen molar-refractivity contribution in [2.75, 3.05) is 44.5 Å². The van der Waals surface area contributed by atoms with E-state index in [1.54, 1.807) is 0 Å². The van der Waals surface area contributed by atoms with Crippen LogP contribution in [0.5, 0.6) is 0 Å². The molecular weight excluding hydrogens is 495 g/mol. The van der Waals surface area contributed by atoms with E-state index in [1.165, 1.54) is 38.6 Å². The van der Waals surface area contributed by atoms with Crippen LogP contribution in [0.1, 0.15) is 17.5 Å². The smallest absolute Gasteiger partial charge is 0.485 e. The first-order valence-electron chi connectivity index (χ1n) is 10.9. The van der Waals surface area contributed by atoms with Crippen LogP contribution in [-0.4, -0.2) is 67.0 Å². The molecule has 0 saturated carbocycles. The molecule has 3 rings (SSSR count). The first-order chi connectivity index (χ1) is 16.0. The molecule has 11 heteroatoms. The summed E-state index contributed by atoms with van der Waals surface area (Å²) in [5, 5.41) is 3.02. The maximum atomic E-state index is 10.7. The number of halogens is 3. The molecule has 0 fully saturated rings. The lowest BCUT2D eigenvalue weighted by Crippen LogP contribution is -2.77. The van der Waals surface area contributed by atoms with Gasteiger partial charge in [-0.1, -0.05) is 19.2 Å². The molecule has 2 aromatic rings. The molecule has 192 valence electrons. The topological polar surface area (TPSA) is 77.7 Å². The molecule has 1 heterocycles. The van der Waals surface area contributed by atoms with Gasteiger partial charge in [0.05, 0.1) is 0 Å². The second-order valence-corrected chi connectivity index (χ2v) is 14.9. The predicted octanol–water partition coefficient (Wildman–Crippen LogP) is 1.50. The van der Waals surface area contributed by atoms with Gasteiger partial charge in [-0.25, -0.2) is 13.4 Å². The van der Waals surface area contributed by atoms with Gasteiger partial charge in [-0.15, -0.1) is 6.58 Å². The predicted molar refractivity (Wildman–Crippen MR) is 138 cm³/mol. The molecule has 0 spiro atoms. The molecule has 0 aliphatic carbocycles. The van der Waals surface area contributed by atoms with Gasteiger partial charge in [-0.2, -0.15) is 13.2 Å². The Kier molecular flexibility index (Phi) is 8.62. The van der Waals surface area contributed by atoms with Crippen LogP contribution < -0.4 is 25.2 Å². The SMILES string of the molecule is C=CCC[NH+]=C1c2ccc(N(C)C)cc2[Si](C)(C)c2cc(N(C)C)ccc21.O=S(=O)([O-])C(F)(F)F. The van der Waals surface area contributed by atoms with E-state index in [4.69, 9.17) is 13.0 Å². The fourth-order valence-corrected chi connectivity index (χ4v) is 6.94. The highest BCUT2D eigenvalue weighted by Crippen LogP contribution is 2.25. The Hall–Kier alpha value is -2.63. The van der Waals surface area contributed by atoms with Gasteiger partial charge in [0.1, 0.15) is 14.6 Å². The zero-order valence-electron chi connectivity index (χ0n) is 20.8. The number of alkyl halides is 3. The Morgan fingerprint density at radius 1 is 0.971 bits per heavy atom. The molecule has 0 atom stereocenters. The third kappa shape index (κ3) is 6.33. The Morgan fingerprint density at radius 2 is 1.37 bits per heavy atom. The molecule has 0 amide bonds. The number of anilines is 2. The second kappa shape index (κ2) is 10.5. The van der Waals surface area contributed by atoms with Gasteiger partial charge >= 0.3 is 5.51 Å². The van der Waals surface area contributed by atoms with Crippen molar-refractivity contribution in [2.24, 2.45) is 0 Å². The van der Waals surface area contributed by atoms with Crippen LogP contribution in [0.15, 0.2) is 49.1 Å². The average Bonchev–Trinajstić information content (AvgIpc) is 2.74. The molecule has 2 aromatic carbocycles. The average molecular weight is 528 g/mol. The minimum absolute atomic E-state index is 0.907. The summed E-state index contributed by atoms with van der Waals surface area (Å²) in [5.41, 5.74) is 0.897. The van der Waals surface area contributed by atoms with Crippen molar-refractivity contribution in [3.63, 3.8) is 0 Å². The summed E-state index contributed by atoms with van der Waals surface area (Å²) in [5.74, 6) is 0. The van der Waals surface area contributed by atoms with Crippen LogP contribution in [0, 0.1) is 0 Å². The van der Waals surface area contributed by atoms with E-state index in [-0.39, 0.29) is 0 Å². The van der Waals surface area contributed by atoms with Gasteiger partial charge in [0.15, 0.2) is 10.1 Å².